The van der Waals surface area contributed by atoms with Crippen molar-refractivity contribution in [3.63, 3.8) is 0 Å². The molecule has 1 N–H and O–H groups in total. The minimum atomic E-state index is -0.579. The van der Waals surface area contributed by atoms with Crippen molar-refractivity contribution >= 4 is 39.9 Å². The van der Waals surface area contributed by atoms with Crippen molar-refractivity contribution < 1.29 is 9.18 Å². The van der Waals surface area contributed by atoms with E-state index in [1.807, 2.05) is 38.7 Å². The van der Waals surface area contributed by atoms with Gasteiger partial charge in [-0.05, 0) is 42.9 Å². The van der Waals surface area contributed by atoms with Crippen molar-refractivity contribution in [3.05, 3.63) is 92.8 Å². The fourth-order valence-corrected chi connectivity index (χ4v) is 6.40. The average molecular weight is 669 g/mol. The van der Waals surface area contributed by atoms with Crippen LogP contribution in [0.1, 0.15) is 63.8 Å². The largest absolute Gasteiger partial charge is 0.376 e. The van der Waals surface area contributed by atoms with Crippen LogP contribution in [0.15, 0.2) is 53.6 Å². The Morgan fingerprint density at radius 3 is 2.35 bits per heavy atom. The number of hydrogen-bond donors (Lipinski definition) is 1. The Morgan fingerprint density at radius 1 is 1.08 bits per heavy atom. The SMILES string of the molecule is [C-]#[N+]c1c(N2CCN(C(=O)/C=C/CNC3CC3)CC2)c2cc(Cl)c(-c3ccccc3F)nc2n(-c2c(C(C)C)ncnc2C(C)C)c1=O. The Labute approximate surface area is 284 Å². The van der Waals surface area contributed by atoms with Crippen LogP contribution in [0.3, 0.4) is 0 Å². The summed E-state index contributed by atoms with van der Waals surface area (Å²) in [6.45, 7) is 18.3. The van der Waals surface area contributed by atoms with Crippen LogP contribution in [-0.4, -0.2) is 69.1 Å². The summed E-state index contributed by atoms with van der Waals surface area (Å²) in [7, 11) is 0. The lowest BCUT2D eigenvalue weighted by atomic mass is 10.0. The first-order valence-electron chi connectivity index (χ1n) is 16.3. The molecule has 12 heteroatoms. The van der Waals surface area contributed by atoms with Crippen LogP contribution in [0.25, 0.3) is 32.8 Å². The Bertz CT molecular complexity index is 1980. The van der Waals surface area contributed by atoms with E-state index >= 15 is 4.39 Å². The van der Waals surface area contributed by atoms with Gasteiger partial charge in [0.1, 0.15) is 17.8 Å². The van der Waals surface area contributed by atoms with E-state index in [2.05, 4.69) is 20.1 Å². The minimum Gasteiger partial charge on any atom is -0.376 e. The summed E-state index contributed by atoms with van der Waals surface area (Å²) in [5.41, 5.74) is 1.99. The number of nitrogens with zero attached hydrogens (tertiary/aromatic N) is 7. The summed E-state index contributed by atoms with van der Waals surface area (Å²) in [5, 5.41) is 4.00. The highest BCUT2D eigenvalue weighted by atomic mass is 35.5. The third-order valence-corrected chi connectivity index (χ3v) is 9.05. The number of amides is 1. The molecule has 0 atom stereocenters. The van der Waals surface area contributed by atoms with Crippen LogP contribution in [-0.2, 0) is 4.79 Å². The van der Waals surface area contributed by atoms with Gasteiger partial charge in [0.05, 0.1) is 40.1 Å². The molecule has 10 nitrogen and oxygen atoms in total. The molecule has 6 rings (SSSR count). The second-order valence-electron chi connectivity index (χ2n) is 12.8. The zero-order valence-corrected chi connectivity index (χ0v) is 28.3. The van der Waals surface area contributed by atoms with Gasteiger partial charge in [-0.2, -0.15) is 0 Å². The predicted molar refractivity (Wildman–Crippen MR) is 187 cm³/mol. The topological polar surface area (TPSA) is 101 Å². The normalized spacial score (nSPS) is 15.2. The molecule has 1 aromatic carbocycles. The van der Waals surface area contributed by atoms with E-state index in [0.717, 1.165) is 0 Å². The van der Waals surface area contributed by atoms with Crippen LogP contribution in [0.4, 0.5) is 15.8 Å². The molecule has 4 aromatic rings. The van der Waals surface area contributed by atoms with Gasteiger partial charge in [0.15, 0.2) is 0 Å². The van der Waals surface area contributed by atoms with Gasteiger partial charge in [-0.25, -0.2) is 24.2 Å². The molecule has 0 spiro atoms. The highest BCUT2D eigenvalue weighted by Crippen LogP contribution is 2.40. The van der Waals surface area contributed by atoms with Crippen LogP contribution in [0.5, 0.6) is 0 Å². The molecule has 0 bridgehead atoms. The summed E-state index contributed by atoms with van der Waals surface area (Å²) in [6.07, 6.45) is 7.29. The number of anilines is 1. The standard InChI is InChI=1S/C36H38ClFN8O2/c1-21(2)29-34(30(22(3)4)42-20-41-29)46-35-25(19-26(37)31(43-35)24-9-6-7-10-27(24)38)33(32(39-5)36(46)48)45-17-15-44(16-18-45)28(47)11-8-14-40-23-12-13-23/h6-11,19-23,40H,12-18H2,1-4H3/b11-8+. The summed E-state index contributed by atoms with van der Waals surface area (Å²) in [5.74, 6) is -0.782. The molecule has 0 radical (unpaired) electrons. The lowest BCUT2D eigenvalue weighted by Gasteiger charge is -2.37. The number of piperazine rings is 1. The number of nitrogens with one attached hydrogen (secondary N) is 1. The second kappa shape index (κ2) is 13.8. The smallest absolute Gasteiger partial charge is 0.274 e. The number of benzene rings is 1. The molecule has 2 aliphatic rings. The second-order valence-corrected chi connectivity index (χ2v) is 13.2. The molecule has 1 saturated heterocycles. The molecule has 0 unspecified atom stereocenters. The maximum Gasteiger partial charge on any atom is 0.274 e. The number of carbonyl (C=O) groups excluding carboxylic acids is 1. The van der Waals surface area contributed by atoms with Crippen LogP contribution in [0.2, 0.25) is 5.02 Å². The molecule has 3 aromatic heterocycles. The first-order valence-corrected chi connectivity index (χ1v) is 16.7. The first kappa shape index (κ1) is 33.2. The number of aromatic nitrogens is 4. The highest BCUT2D eigenvalue weighted by Gasteiger charge is 2.31. The Hall–Kier alpha value is -4.66. The van der Waals surface area contributed by atoms with E-state index in [-0.39, 0.29) is 45.4 Å². The van der Waals surface area contributed by atoms with E-state index in [1.165, 1.54) is 29.8 Å². The average Bonchev–Trinajstić information content (AvgIpc) is 3.91. The highest BCUT2D eigenvalue weighted by molar-refractivity contribution is 6.34. The first-order chi connectivity index (χ1) is 23.1. The summed E-state index contributed by atoms with van der Waals surface area (Å²) >= 11 is 6.86. The summed E-state index contributed by atoms with van der Waals surface area (Å²) < 4.78 is 16.6. The number of carbonyl (C=O) groups is 1. The van der Waals surface area contributed by atoms with Gasteiger partial charge in [-0.3, -0.25) is 14.2 Å². The van der Waals surface area contributed by atoms with Gasteiger partial charge in [-0.1, -0.05) is 57.5 Å². The summed E-state index contributed by atoms with van der Waals surface area (Å²) in [6, 6.07) is 8.41. The van der Waals surface area contributed by atoms with E-state index in [0.29, 0.717) is 66.9 Å². The quantitative estimate of drug-likeness (QED) is 0.163. The van der Waals surface area contributed by atoms with Crippen molar-refractivity contribution in [2.24, 2.45) is 0 Å². The number of hydrogen-bond acceptors (Lipinski definition) is 7. The zero-order valence-electron chi connectivity index (χ0n) is 27.5. The lowest BCUT2D eigenvalue weighted by Crippen LogP contribution is -2.48. The maximum absolute atomic E-state index is 15.1. The number of rotatable bonds is 9. The molecule has 1 amide bonds. The Kier molecular flexibility index (Phi) is 9.58. The molecular weight excluding hydrogens is 631 g/mol. The number of pyridine rings is 2. The number of fused-ring (bicyclic) bond motifs is 1. The summed E-state index contributed by atoms with van der Waals surface area (Å²) in [4.78, 5) is 49.1. The van der Waals surface area contributed by atoms with Gasteiger partial charge in [0.25, 0.3) is 11.2 Å². The van der Waals surface area contributed by atoms with Crippen molar-refractivity contribution in [2.45, 2.75) is 58.4 Å². The molecule has 4 heterocycles. The third kappa shape index (κ3) is 6.42. The molecule has 1 aliphatic heterocycles. The molecule has 1 aliphatic carbocycles. The van der Waals surface area contributed by atoms with Crippen molar-refractivity contribution in [2.75, 3.05) is 37.6 Å². The van der Waals surface area contributed by atoms with Crippen LogP contribution in [0, 0.1) is 12.4 Å². The van der Waals surface area contributed by atoms with Crippen LogP contribution >= 0.6 is 11.6 Å². The van der Waals surface area contributed by atoms with E-state index in [4.69, 9.17) is 23.2 Å². The number of halogens is 2. The van der Waals surface area contributed by atoms with Crippen molar-refractivity contribution in [1.82, 2.24) is 29.7 Å². The van der Waals surface area contributed by atoms with Crippen molar-refractivity contribution in [1.29, 1.82) is 0 Å². The minimum absolute atomic E-state index is 0.0799. The molecular formula is C36H38ClFN8O2. The van der Waals surface area contributed by atoms with Gasteiger partial charge in [0.2, 0.25) is 5.91 Å². The zero-order chi connectivity index (χ0) is 34.1. The van der Waals surface area contributed by atoms with Crippen molar-refractivity contribution in [3.8, 4) is 16.9 Å². The van der Waals surface area contributed by atoms with Crippen LogP contribution < -0.4 is 15.8 Å². The van der Waals surface area contributed by atoms with E-state index < -0.39 is 11.4 Å². The molecule has 1 saturated carbocycles. The fraction of sp³-hybridized carbons (Fsp3) is 0.389. The monoisotopic (exact) mass is 668 g/mol. The third-order valence-electron chi connectivity index (χ3n) is 8.76. The molecule has 248 valence electrons. The van der Waals surface area contributed by atoms with E-state index in [9.17, 15) is 9.59 Å². The fourth-order valence-electron chi connectivity index (χ4n) is 6.14. The van der Waals surface area contributed by atoms with Gasteiger partial charge in [-0.15, -0.1) is 0 Å². The molecule has 48 heavy (non-hydrogen) atoms. The predicted octanol–water partition coefficient (Wildman–Crippen LogP) is 6.39. The Balaban J connectivity index is 1.52. The Morgan fingerprint density at radius 2 is 1.75 bits per heavy atom. The van der Waals surface area contributed by atoms with Gasteiger partial charge in [0, 0.05) is 55.8 Å². The van der Waals surface area contributed by atoms with Gasteiger partial charge >= 0.3 is 0 Å². The maximum atomic E-state index is 15.1. The van der Waals surface area contributed by atoms with Gasteiger partial charge < -0.3 is 15.1 Å². The molecule has 2 fully saturated rings. The van der Waals surface area contributed by atoms with E-state index in [1.54, 1.807) is 35.2 Å². The lowest BCUT2D eigenvalue weighted by molar-refractivity contribution is -0.126.